The van der Waals surface area contributed by atoms with E-state index in [0.29, 0.717) is 0 Å². The van der Waals surface area contributed by atoms with Crippen LogP contribution in [0.2, 0.25) is 0 Å². The van der Waals surface area contributed by atoms with Crippen molar-refractivity contribution in [3.8, 4) is 6.07 Å². The smallest absolute Gasteiger partial charge is 0.364 e. The van der Waals surface area contributed by atoms with Crippen molar-refractivity contribution in [2.45, 2.75) is 24.8 Å². The van der Waals surface area contributed by atoms with Gasteiger partial charge in [-0.05, 0) is 19.1 Å². The summed E-state index contributed by atoms with van der Waals surface area (Å²) in [5.41, 5.74) is -3.29. The zero-order chi connectivity index (χ0) is 22.5. The summed E-state index contributed by atoms with van der Waals surface area (Å²) >= 11 is 0. The maximum absolute atomic E-state index is 13.9. The molecule has 0 unspecified atom stereocenters. The first kappa shape index (κ1) is 17.6. The van der Waals surface area contributed by atoms with Gasteiger partial charge < -0.3 is 9.64 Å². The van der Waals surface area contributed by atoms with Crippen LogP contribution >= 0.6 is 0 Å². The zero-order valence-electron chi connectivity index (χ0n) is 16.4. The molecule has 2 atom stereocenters. The average molecular weight is 418 g/mol. The summed E-state index contributed by atoms with van der Waals surface area (Å²) < 4.78 is 93.8. The second-order valence-corrected chi connectivity index (χ2v) is 7.87. The third-order valence-corrected chi connectivity index (χ3v) is 5.09. The molecule has 2 heterocycles. The maximum atomic E-state index is 13.9. The molecule has 28 heavy (non-hydrogen) atoms. The minimum atomic E-state index is -5.14. The molecule has 1 aromatic carbocycles. The molecule has 150 valence electrons. The standard InChI is InChI=1S/C16H15F3N4O4S/c1-10-7-23(8-15(27-10,16(17,18)19)9-28(24,25)26)12-3-2-11(6-20)13-14(12)22-5-4-21-13/h2-5,10H,7-9H2,1H3,(H,24,25,26)/t10-,15+/m1/s1/i4D,5D. The van der Waals surface area contributed by atoms with Gasteiger partial charge in [-0.25, -0.2) is 0 Å². The van der Waals surface area contributed by atoms with Crippen LogP contribution in [0, 0.1) is 11.3 Å². The SMILES string of the molecule is [2H]c1nc2c(C#N)ccc(N3C[C@@H](C)O[C@@](CS(=O)(=O)O)(C(F)(F)F)C3)c2nc1[2H]. The number of anilines is 1. The highest BCUT2D eigenvalue weighted by molar-refractivity contribution is 7.85. The van der Waals surface area contributed by atoms with Gasteiger partial charge in [-0.2, -0.15) is 26.9 Å². The lowest BCUT2D eigenvalue weighted by Gasteiger charge is -2.46. The van der Waals surface area contributed by atoms with Gasteiger partial charge in [0.2, 0.25) is 0 Å². The zero-order valence-corrected chi connectivity index (χ0v) is 15.2. The number of rotatable bonds is 3. The van der Waals surface area contributed by atoms with Crippen LogP contribution in [0.15, 0.2) is 24.5 Å². The summed E-state index contributed by atoms with van der Waals surface area (Å²) in [6, 6.07) is 4.44. The van der Waals surface area contributed by atoms with Crippen molar-refractivity contribution < 1.29 is 33.6 Å². The van der Waals surface area contributed by atoms with Crippen LogP contribution in [-0.4, -0.2) is 59.7 Å². The van der Waals surface area contributed by atoms with E-state index >= 15 is 0 Å². The van der Waals surface area contributed by atoms with E-state index in [4.69, 9.17) is 12.0 Å². The number of hydrogen-bond acceptors (Lipinski definition) is 7. The molecule has 1 aliphatic rings. The second kappa shape index (κ2) is 6.84. The van der Waals surface area contributed by atoms with Gasteiger partial charge in [0.25, 0.3) is 10.1 Å². The number of morpholine rings is 1. The molecule has 0 saturated carbocycles. The molecule has 0 bridgehead atoms. The Morgan fingerprint density at radius 2 is 2.07 bits per heavy atom. The van der Waals surface area contributed by atoms with E-state index in [0.717, 1.165) is 4.90 Å². The van der Waals surface area contributed by atoms with Gasteiger partial charge in [0, 0.05) is 18.9 Å². The van der Waals surface area contributed by atoms with Gasteiger partial charge in [-0.1, -0.05) is 0 Å². The van der Waals surface area contributed by atoms with E-state index < -0.39 is 52.6 Å². The molecule has 1 aromatic heterocycles. The van der Waals surface area contributed by atoms with E-state index in [1.165, 1.54) is 19.1 Å². The third-order valence-electron chi connectivity index (χ3n) is 4.26. The number of fused-ring (bicyclic) bond motifs is 1. The molecule has 0 amide bonds. The van der Waals surface area contributed by atoms with E-state index in [-0.39, 0.29) is 28.8 Å². The predicted octanol–water partition coefficient (Wildman–Crippen LogP) is 1.92. The van der Waals surface area contributed by atoms with Crippen molar-refractivity contribution in [2.24, 2.45) is 0 Å². The Balaban J connectivity index is 2.19. The fourth-order valence-electron chi connectivity index (χ4n) is 3.24. The van der Waals surface area contributed by atoms with Crippen molar-refractivity contribution in [3.63, 3.8) is 0 Å². The number of ether oxygens (including phenoxy) is 1. The second-order valence-electron chi connectivity index (χ2n) is 6.42. The topological polar surface area (TPSA) is 116 Å². The van der Waals surface area contributed by atoms with E-state index in [9.17, 15) is 26.9 Å². The quantitative estimate of drug-likeness (QED) is 0.752. The Hall–Kier alpha value is -2.49. The molecule has 3 rings (SSSR count). The van der Waals surface area contributed by atoms with Crippen molar-refractivity contribution >= 4 is 26.8 Å². The van der Waals surface area contributed by atoms with Crippen LogP contribution < -0.4 is 4.90 Å². The minimum absolute atomic E-state index is 0.0103. The highest BCUT2D eigenvalue weighted by Crippen LogP contribution is 2.41. The fraction of sp³-hybridized carbons (Fsp3) is 0.438. The van der Waals surface area contributed by atoms with Crippen molar-refractivity contribution in [3.05, 3.63) is 30.0 Å². The Kier molecular flexibility index (Phi) is 4.30. The van der Waals surface area contributed by atoms with Crippen LogP contribution in [0.1, 0.15) is 15.2 Å². The Morgan fingerprint density at radius 3 is 2.64 bits per heavy atom. The number of aromatic nitrogens is 2. The summed E-state index contributed by atoms with van der Waals surface area (Å²) in [6.45, 7) is 0.229. The van der Waals surface area contributed by atoms with Crippen LogP contribution in [-0.2, 0) is 14.9 Å². The Morgan fingerprint density at radius 1 is 1.43 bits per heavy atom. The maximum Gasteiger partial charge on any atom is 0.420 e. The predicted molar refractivity (Wildman–Crippen MR) is 92.2 cm³/mol. The van der Waals surface area contributed by atoms with Crippen molar-refractivity contribution in [2.75, 3.05) is 23.7 Å². The van der Waals surface area contributed by atoms with Crippen LogP contribution in [0.25, 0.3) is 11.0 Å². The highest BCUT2D eigenvalue weighted by Gasteiger charge is 2.61. The van der Waals surface area contributed by atoms with Gasteiger partial charge in [-0.3, -0.25) is 14.5 Å². The minimum Gasteiger partial charge on any atom is -0.364 e. The van der Waals surface area contributed by atoms with Gasteiger partial charge >= 0.3 is 6.18 Å². The molecule has 0 aliphatic carbocycles. The monoisotopic (exact) mass is 418 g/mol. The first-order chi connectivity index (χ1) is 13.8. The number of alkyl halides is 3. The van der Waals surface area contributed by atoms with Gasteiger partial charge in [0.05, 0.1) is 26.6 Å². The van der Waals surface area contributed by atoms with E-state index in [1.54, 1.807) is 0 Å². The molecular formula is C16H15F3N4O4S. The van der Waals surface area contributed by atoms with Crippen molar-refractivity contribution in [1.82, 2.24) is 9.97 Å². The van der Waals surface area contributed by atoms with Gasteiger partial charge in [-0.15, -0.1) is 0 Å². The number of halogens is 3. The normalized spacial score (nSPS) is 24.6. The third kappa shape index (κ3) is 3.73. The highest BCUT2D eigenvalue weighted by atomic mass is 32.2. The lowest BCUT2D eigenvalue weighted by atomic mass is 10.0. The molecular weight excluding hydrogens is 401 g/mol. The lowest BCUT2D eigenvalue weighted by Crippen LogP contribution is -2.65. The number of benzene rings is 1. The van der Waals surface area contributed by atoms with Crippen molar-refractivity contribution in [1.29, 1.82) is 5.26 Å². The summed E-state index contributed by atoms with van der Waals surface area (Å²) in [5.74, 6) is -1.70. The Bertz CT molecular complexity index is 1160. The number of hydrogen-bond donors (Lipinski definition) is 1. The van der Waals surface area contributed by atoms with Crippen LogP contribution in [0.4, 0.5) is 18.9 Å². The molecule has 0 radical (unpaired) electrons. The number of nitrogens with zero attached hydrogens (tertiary/aromatic N) is 4. The van der Waals surface area contributed by atoms with Gasteiger partial charge in [0.15, 0.2) is 5.60 Å². The van der Waals surface area contributed by atoms with Crippen LogP contribution in [0.3, 0.4) is 0 Å². The summed E-state index contributed by atoms with van der Waals surface area (Å²) in [7, 11) is -5.06. The fourth-order valence-corrected chi connectivity index (χ4v) is 4.15. The molecule has 8 nitrogen and oxygen atoms in total. The molecule has 1 aliphatic heterocycles. The average Bonchev–Trinajstić information content (AvgIpc) is 2.59. The van der Waals surface area contributed by atoms with E-state index in [2.05, 4.69) is 9.97 Å². The molecule has 1 N–H and O–H groups in total. The lowest BCUT2D eigenvalue weighted by molar-refractivity contribution is -0.283. The molecule has 1 saturated heterocycles. The first-order valence-corrected chi connectivity index (χ1v) is 9.50. The van der Waals surface area contributed by atoms with Gasteiger partial charge in [0.1, 0.15) is 22.9 Å². The summed E-state index contributed by atoms with van der Waals surface area (Å²) in [5, 5.41) is 9.25. The summed E-state index contributed by atoms with van der Waals surface area (Å²) in [6.07, 6.45) is -7.28. The van der Waals surface area contributed by atoms with Crippen LogP contribution in [0.5, 0.6) is 0 Å². The molecule has 1 fully saturated rings. The molecule has 2 aromatic rings. The molecule has 0 spiro atoms. The largest absolute Gasteiger partial charge is 0.420 e. The Labute approximate surface area is 161 Å². The first-order valence-electron chi connectivity index (χ1n) is 8.89. The summed E-state index contributed by atoms with van der Waals surface area (Å²) in [4.78, 5) is 8.91. The number of nitriles is 1. The molecule has 12 heteroatoms. The van der Waals surface area contributed by atoms with E-state index in [1.807, 2.05) is 6.07 Å².